The van der Waals surface area contributed by atoms with Gasteiger partial charge in [-0.05, 0) is 5.92 Å². The second-order valence-corrected chi connectivity index (χ2v) is 4.68. The Bertz CT molecular complexity index is 573. The number of hydrogen-bond donors (Lipinski definition) is 4. The van der Waals surface area contributed by atoms with E-state index in [0.29, 0.717) is 23.5 Å². The number of aromatic nitrogens is 3. The summed E-state index contributed by atoms with van der Waals surface area (Å²) in [5, 5.41) is 12.5. The number of H-pyrrole nitrogens is 2. The molecular weight excluding hydrogens is 232 g/mol. The fraction of sp³-hybridized carbons (Fsp3) is 0.500. The molecule has 4 N–H and O–H groups in total. The minimum Gasteiger partial charge on any atom is -0.395 e. The maximum Gasteiger partial charge on any atom is 0.275 e. The Morgan fingerprint density at radius 3 is 2.89 bits per heavy atom. The van der Waals surface area contributed by atoms with Crippen LogP contribution in [0.5, 0.6) is 0 Å². The van der Waals surface area contributed by atoms with Crippen molar-refractivity contribution in [2.45, 2.75) is 26.4 Å². The van der Waals surface area contributed by atoms with Crippen molar-refractivity contribution in [2.75, 3.05) is 6.61 Å². The normalized spacial score (nSPS) is 13.3. The van der Waals surface area contributed by atoms with Crippen molar-refractivity contribution < 1.29 is 5.11 Å². The molecule has 0 aromatic carbocycles. The van der Waals surface area contributed by atoms with Gasteiger partial charge in [-0.25, -0.2) is 4.98 Å². The number of rotatable bonds is 5. The van der Waals surface area contributed by atoms with Gasteiger partial charge in [-0.15, -0.1) is 0 Å². The highest BCUT2D eigenvalue weighted by Gasteiger charge is 2.13. The van der Waals surface area contributed by atoms with E-state index in [-0.39, 0.29) is 18.2 Å². The molecule has 0 saturated carbocycles. The van der Waals surface area contributed by atoms with Gasteiger partial charge < -0.3 is 20.4 Å². The first-order valence-corrected chi connectivity index (χ1v) is 6.01. The van der Waals surface area contributed by atoms with Crippen LogP contribution in [0.25, 0.3) is 11.0 Å². The lowest BCUT2D eigenvalue weighted by molar-refractivity contribution is 0.210. The van der Waals surface area contributed by atoms with Gasteiger partial charge >= 0.3 is 0 Å². The molecule has 2 aromatic rings. The van der Waals surface area contributed by atoms with Crippen molar-refractivity contribution in [3.8, 4) is 0 Å². The molecule has 1 atom stereocenters. The van der Waals surface area contributed by atoms with Crippen molar-refractivity contribution in [3.05, 3.63) is 28.4 Å². The van der Waals surface area contributed by atoms with E-state index in [1.165, 1.54) is 6.33 Å². The predicted molar refractivity (Wildman–Crippen MR) is 69.3 cm³/mol. The monoisotopic (exact) mass is 250 g/mol. The summed E-state index contributed by atoms with van der Waals surface area (Å²) in [5.41, 5.74) is 1.91. The SMILES string of the molecule is CC(C)[C@H](CO)NCc1c[nH]c2c(=O)[nH]cnc12. The lowest BCUT2D eigenvalue weighted by Crippen LogP contribution is -2.36. The minimum atomic E-state index is -0.172. The van der Waals surface area contributed by atoms with Gasteiger partial charge in [-0.1, -0.05) is 13.8 Å². The first-order valence-electron chi connectivity index (χ1n) is 6.01. The van der Waals surface area contributed by atoms with E-state index in [0.717, 1.165) is 5.56 Å². The summed E-state index contributed by atoms with van der Waals surface area (Å²) < 4.78 is 0. The number of aliphatic hydroxyl groups is 1. The second kappa shape index (κ2) is 5.32. The molecule has 0 fully saturated rings. The zero-order chi connectivity index (χ0) is 13.1. The average Bonchev–Trinajstić information content (AvgIpc) is 2.74. The maximum atomic E-state index is 11.5. The zero-order valence-electron chi connectivity index (χ0n) is 10.5. The molecule has 0 saturated heterocycles. The van der Waals surface area contributed by atoms with Gasteiger partial charge in [0.2, 0.25) is 0 Å². The Labute approximate surface area is 104 Å². The van der Waals surface area contributed by atoms with Gasteiger partial charge in [0.15, 0.2) is 0 Å². The van der Waals surface area contributed by atoms with Crippen molar-refractivity contribution in [2.24, 2.45) is 5.92 Å². The fourth-order valence-electron chi connectivity index (χ4n) is 1.89. The lowest BCUT2D eigenvalue weighted by Gasteiger charge is -2.19. The van der Waals surface area contributed by atoms with Crippen LogP contribution in [0.15, 0.2) is 17.3 Å². The predicted octanol–water partition coefficient (Wildman–Crippen LogP) is 0.358. The van der Waals surface area contributed by atoms with Crippen LogP contribution in [0.4, 0.5) is 0 Å². The highest BCUT2D eigenvalue weighted by molar-refractivity contribution is 5.77. The third-order valence-electron chi connectivity index (χ3n) is 3.10. The summed E-state index contributed by atoms with van der Waals surface area (Å²) in [4.78, 5) is 21.1. The van der Waals surface area contributed by atoms with Crippen LogP contribution in [0, 0.1) is 5.92 Å². The van der Waals surface area contributed by atoms with E-state index in [4.69, 9.17) is 0 Å². The van der Waals surface area contributed by atoms with Gasteiger partial charge in [-0.3, -0.25) is 4.79 Å². The molecule has 0 bridgehead atoms. The highest BCUT2D eigenvalue weighted by atomic mass is 16.3. The molecule has 98 valence electrons. The average molecular weight is 250 g/mol. The molecule has 0 aliphatic carbocycles. The largest absolute Gasteiger partial charge is 0.395 e. The Balaban J connectivity index is 2.18. The van der Waals surface area contributed by atoms with Crippen LogP contribution in [-0.4, -0.2) is 32.7 Å². The number of fused-ring (bicyclic) bond motifs is 1. The third-order valence-corrected chi connectivity index (χ3v) is 3.10. The van der Waals surface area contributed by atoms with Gasteiger partial charge in [0.1, 0.15) is 5.52 Å². The van der Waals surface area contributed by atoms with Crippen molar-refractivity contribution in [1.29, 1.82) is 0 Å². The summed E-state index contributed by atoms with van der Waals surface area (Å²) in [6.45, 7) is 4.76. The molecule has 0 aliphatic heterocycles. The number of aliphatic hydroxyl groups excluding tert-OH is 1. The van der Waals surface area contributed by atoms with Crippen LogP contribution < -0.4 is 10.9 Å². The first-order chi connectivity index (χ1) is 8.63. The van der Waals surface area contributed by atoms with E-state index in [9.17, 15) is 9.90 Å². The van der Waals surface area contributed by atoms with Crippen molar-refractivity contribution >= 4 is 11.0 Å². The number of hydrogen-bond acceptors (Lipinski definition) is 4. The molecule has 2 aromatic heterocycles. The molecule has 0 unspecified atom stereocenters. The van der Waals surface area contributed by atoms with E-state index in [2.05, 4.69) is 20.3 Å². The van der Waals surface area contributed by atoms with Crippen LogP contribution in [-0.2, 0) is 6.54 Å². The maximum absolute atomic E-state index is 11.5. The van der Waals surface area contributed by atoms with Gasteiger partial charge in [0.25, 0.3) is 5.56 Å². The Morgan fingerprint density at radius 1 is 1.44 bits per heavy atom. The van der Waals surface area contributed by atoms with Crippen LogP contribution in [0.1, 0.15) is 19.4 Å². The molecule has 6 heteroatoms. The van der Waals surface area contributed by atoms with Crippen molar-refractivity contribution in [1.82, 2.24) is 20.3 Å². The van der Waals surface area contributed by atoms with E-state index >= 15 is 0 Å². The van der Waals surface area contributed by atoms with Crippen LogP contribution in [0.2, 0.25) is 0 Å². The third kappa shape index (κ3) is 2.44. The Morgan fingerprint density at radius 2 is 2.22 bits per heavy atom. The van der Waals surface area contributed by atoms with Gasteiger partial charge in [-0.2, -0.15) is 0 Å². The standard InChI is InChI=1S/C12H18N4O2/c1-7(2)9(5-17)13-3-8-4-14-11-10(8)15-6-16-12(11)18/h4,6-7,9,13-14,17H,3,5H2,1-2H3,(H,15,16,18)/t9-/m0/s1. The quantitative estimate of drug-likeness (QED) is 0.616. The first kappa shape index (κ1) is 12.8. The second-order valence-electron chi connectivity index (χ2n) is 4.68. The molecule has 6 nitrogen and oxygen atoms in total. The van der Waals surface area contributed by atoms with E-state index in [1.54, 1.807) is 6.20 Å². The molecule has 2 rings (SSSR count). The van der Waals surface area contributed by atoms with Crippen molar-refractivity contribution in [3.63, 3.8) is 0 Å². The van der Waals surface area contributed by atoms with E-state index < -0.39 is 0 Å². The zero-order valence-corrected chi connectivity index (χ0v) is 10.5. The summed E-state index contributed by atoms with van der Waals surface area (Å²) >= 11 is 0. The topological polar surface area (TPSA) is 93.8 Å². The number of nitrogens with one attached hydrogen (secondary N) is 3. The number of nitrogens with zero attached hydrogens (tertiary/aromatic N) is 1. The molecule has 0 amide bonds. The molecule has 2 heterocycles. The summed E-state index contributed by atoms with van der Waals surface area (Å²) in [6.07, 6.45) is 3.17. The molecule has 0 spiro atoms. The van der Waals surface area contributed by atoms with Crippen LogP contribution >= 0.6 is 0 Å². The molecular formula is C12H18N4O2. The summed E-state index contributed by atoms with van der Waals surface area (Å²) in [5.74, 6) is 0.344. The van der Waals surface area contributed by atoms with Gasteiger partial charge in [0, 0.05) is 24.3 Å². The Kier molecular flexibility index (Phi) is 3.78. The molecule has 0 radical (unpaired) electrons. The molecule has 0 aliphatic rings. The van der Waals surface area contributed by atoms with Gasteiger partial charge in [0.05, 0.1) is 18.5 Å². The number of aromatic amines is 2. The molecule has 18 heavy (non-hydrogen) atoms. The highest BCUT2D eigenvalue weighted by Crippen LogP contribution is 2.12. The Hall–Kier alpha value is -1.66. The fourth-order valence-corrected chi connectivity index (χ4v) is 1.89. The minimum absolute atomic E-state index is 0.0388. The summed E-state index contributed by atoms with van der Waals surface area (Å²) in [6, 6.07) is 0.0388. The lowest BCUT2D eigenvalue weighted by atomic mass is 10.1. The smallest absolute Gasteiger partial charge is 0.275 e. The van der Waals surface area contributed by atoms with Crippen LogP contribution in [0.3, 0.4) is 0 Å². The van der Waals surface area contributed by atoms with E-state index in [1.807, 2.05) is 13.8 Å². The summed E-state index contributed by atoms with van der Waals surface area (Å²) in [7, 11) is 0.